The van der Waals surface area contributed by atoms with Crippen LogP contribution in [0, 0.1) is 0 Å². The van der Waals surface area contributed by atoms with E-state index in [2.05, 4.69) is 20.4 Å². The first-order valence-electron chi connectivity index (χ1n) is 9.36. The maximum Gasteiger partial charge on any atom is 0.279 e. The maximum absolute atomic E-state index is 13.0. The molecule has 0 spiro atoms. The maximum atomic E-state index is 13.0. The number of aromatic amines is 1. The molecule has 0 aliphatic carbocycles. The van der Waals surface area contributed by atoms with Gasteiger partial charge in [-0.1, -0.05) is 12.1 Å². The van der Waals surface area contributed by atoms with Gasteiger partial charge in [0.05, 0.1) is 42.9 Å². The Bertz CT molecular complexity index is 1260. The normalized spacial score (nSPS) is 12.1. The van der Waals surface area contributed by atoms with Gasteiger partial charge in [-0.25, -0.2) is 9.67 Å². The van der Waals surface area contributed by atoms with E-state index in [1.54, 1.807) is 12.1 Å². The summed E-state index contributed by atoms with van der Waals surface area (Å²) >= 11 is 0. The first-order valence-corrected chi connectivity index (χ1v) is 9.36. The summed E-state index contributed by atoms with van der Waals surface area (Å²) < 4.78 is 11.7. The molecule has 154 valence electrons. The third-order valence-electron chi connectivity index (χ3n) is 4.85. The van der Waals surface area contributed by atoms with Gasteiger partial charge in [0.1, 0.15) is 12.4 Å². The van der Waals surface area contributed by atoms with Gasteiger partial charge in [0.25, 0.3) is 5.56 Å². The summed E-state index contributed by atoms with van der Waals surface area (Å²) in [6.07, 6.45) is 1.52. The number of aromatic nitrogens is 4. The Morgan fingerprint density at radius 1 is 1.20 bits per heavy atom. The predicted molar refractivity (Wildman–Crippen MR) is 112 cm³/mol. The van der Waals surface area contributed by atoms with Crippen LogP contribution in [0.15, 0.2) is 47.4 Å². The molecule has 4 aromatic rings. The van der Waals surface area contributed by atoms with Crippen molar-refractivity contribution in [3.05, 3.63) is 58.8 Å². The van der Waals surface area contributed by atoms with E-state index in [1.165, 1.54) is 20.4 Å². The van der Waals surface area contributed by atoms with Crippen LogP contribution in [0.5, 0.6) is 11.5 Å². The second-order valence-electron chi connectivity index (χ2n) is 6.80. The van der Waals surface area contributed by atoms with Gasteiger partial charge in [0, 0.05) is 5.39 Å². The number of amides is 1. The Morgan fingerprint density at radius 3 is 2.73 bits per heavy atom. The zero-order valence-electron chi connectivity index (χ0n) is 16.8. The summed E-state index contributed by atoms with van der Waals surface area (Å²) in [6, 6.07) is 10.7. The molecule has 0 saturated heterocycles. The van der Waals surface area contributed by atoms with E-state index < -0.39 is 5.56 Å². The molecular formula is C21H21N5O4. The number of benzene rings is 2. The molecule has 9 nitrogen and oxygen atoms in total. The van der Waals surface area contributed by atoms with E-state index in [9.17, 15) is 9.59 Å². The molecule has 0 aliphatic heterocycles. The van der Waals surface area contributed by atoms with Crippen LogP contribution in [0.1, 0.15) is 18.8 Å². The highest BCUT2D eigenvalue weighted by Crippen LogP contribution is 2.32. The second-order valence-corrected chi connectivity index (χ2v) is 6.80. The molecule has 1 unspecified atom stereocenters. The summed E-state index contributed by atoms with van der Waals surface area (Å²) in [7, 11) is 2.96. The molecule has 2 heterocycles. The molecule has 0 radical (unpaired) electrons. The van der Waals surface area contributed by atoms with Crippen LogP contribution in [-0.4, -0.2) is 39.9 Å². The number of fused-ring (bicyclic) bond motifs is 2. The molecule has 1 atom stereocenters. The Labute approximate surface area is 171 Å². The molecule has 0 saturated carbocycles. The Balaban J connectivity index is 1.58. The van der Waals surface area contributed by atoms with Gasteiger partial charge in [-0.15, -0.1) is 0 Å². The van der Waals surface area contributed by atoms with Crippen LogP contribution in [-0.2, 0) is 11.3 Å². The van der Waals surface area contributed by atoms with Crippen molar-refractivity contribution in [2.24, 2.45) is 0 Å². The van der Waals surface area contributed by atoms with Crippen LogP contribution in [0.4, 0.5) is 0 Å². The summed E-state index contributed by atoms with van der Waals surface area (Å²) in [6.45, 7) is 1.58. The number of nitrogens with zero attached hydrogens (tertiary/aromatic N) is 3. The van der Waals surface area contributed by atoms with Gasteiger partial charge in [-0.3, -0.25) is 9.59 Å². The van der Waals surface area contributed by atoms with E-state index in [0.717, 1.165) is 15.7 Å². The molecule has 2 aromatic heterocycles. The topological polar surface area (TPSA) is 111 Å². The number of nitrogens with one attached hydrogen (secondary N) is 2. The van der Waals surface area contributed by atoms with Gasteiger partial charge in [0.15, 0.2) is 11.5 Å². The highest BCUT2D eigenvalue weighted by Gasteiger charge is 2.18. The third kappa shape index (κ3) is 3.45. The molecule has 0 bridgehead atoms. The van der Waals surface area contributed by atoms with E-state index in [0.29, 0.717) is 28.1 Å². The Kier molecular flexibility index (Phi) is 5.09. The van der Waals surface area contributed by atoms with Crippen LogP contribution in [0.3, 0.4) is 0 Å². The van der Waals surface area contributed by atoms with Gasteiger partial charge in [-0.05, 0) is 31.2 Å². The van der Waals surface area contributed by atoms with E-state index >= 15 is 0 Å². The zero-order chi connectivity index (χ0) is 21.3. The first-order chi connectivity index (χ1) is 14.5. The molecule has 2 aromatic carbocycles. The van der Waals surface area contributed by atoms with Crippen molar-refractivity contribution in [1.29, 1.82) is 0 Å². The molecule has 1 amide bonds. The Hall–Kier alpha value is -3.88. The zero-order valence-corrected chi connectivity index (χ0v) is 16.8. The molecule has 2 N–H and O–H groups in total. The van der Waals surface area contributed by atoms with Crippen molar-refractivity contribution in [1.82, 2.24) is 25.1 Å². The van der Waals surface area contributed by atoms with Gasteiger partial charge >= 0.3 is 0 Å². The molecule has 0 aliphatic rings. The van der Waals surface area contributed by atoms with Gasteiger partial charge in [-0.2, -0.15) is 5.10 Å². The van der Waals surface area contributed by atoms with E-state index in [4.69, 9.17) is 9.47 Å². The second kappa shape index (κ2) is 7.86. The molecular weight excluding hydrogens is 386 g/mol. The third-order valence-corrected chi connectivity index (χ3v) is 4.85. The predicted octanol–water partition coefficient (Wildman–Crippen LogP) is 2.17. The van der Waals surface area contributed by atoms with Crippen molar-refractivity contribution in [2.45, 2.75) is 19.5 Å². The van der Waals surface area contributed by atoms with Crippen molar-refractivity contribution >= 4 is 27.7 Å². The summed E-state index contributed by atoms with van der Waals surface area (Å²) in [5, 5.41) is 7.87. The fourth-order valence-electron chi connectivity index (χ4n) is 3.37. The van der Waals surface area contributed by atoms with Crippen LogP contribution < -0.4 is 20.3 Å². The lowest BCUT2D eigenvalue weighted by atomic mass is 10.1. The average molecular weight is 407 g/mol. The number of H-pyrrole nitrogens is 1. The number of hydrogen-bond donors (Lipinski definition) is 2. The van der Waals surface area contributed by atoms with Crippen LogP contribution >= 0.6 is 0 Å². The number of carbonyl (C=O) groups excluding carboxylic acids is 1. The minimum absolute atomic E-state index is 0.236. The standard InChI is InChI=1S/C21H21N5O4/c1-12(20-24-14-6-4-5-7-15(14)25-20)23-17(27)11-26-21(28)18-13(10-22-26)8-9-16(29-2)19(18)30-3/h4-10,12H,11H2,1-3H3,(H,23,27)(H,24,25). The minimum atomic E-state index is -0.435. The van der Waals surface area contributed by atoms with Crippen molar-refractivity contribution in [2.75, 3.05) is 14.2 Å². The van der Waals surface area contributed by atoms with Crippen molar-refractivity contribution in [3.63, 3.8) is 0 Å². The SMILES string of the molecule is COc1ccc2cnn(CC(=O)NC(C)c3nc4ccccc4[nH]3)c(=O)c2c1OC. The lowest BCUT2D eigenvalue weighted by Gasteiger charge is -2.13. The number of rotatable bonds is 6. The lowest BCUT2D eigenvalue weighted by Crippen LogP contribution is -2.35. The first kappa shape index (κ1) is 19.4. The van der Waals surface area contributed by atoms with Crippen LogP contribution in [0.25, 0.3) is 21.8 Å². The smallest absolute Gasteiger partial charge is 0.279 e. The van der Waals surface area contributed by atoms with Gasteiger partial charge in [0.2, 0.25) is 5.91 Å². The highest BCUT2D eigenvalue weighted by atomic mass is 16.5. The summed E-state index contributed by atoms with van der Waals surface area (Å²) in [5.74, 6) is 1.02. The lowest BCUT2D eigenvalue weighted by molar-refractivity contribution is -0.122. The monoisotopic (exact) mass is 407 g/mol. The molecule has 0 fully saturated rings. The fourth-order valence-corrected chi connectivity index (χ4v) is 3.37. The number of carbonyl (C=O) groups is 1. The number of imidazole rings is 1. The quantitative estimate of drug-likeness (QED) is 0.507. The molecule has 9 heteroatoms. The average Bonchev–Trinajstić information content (AvgIpc) is 3.19. The van der Waals surface area contributed by atoms with Crippen LogP contribution in [0.2, 0.25) is 0 Å². The van der Waals surface area contributed by atoms with Crippen molar-refractivity contribution < 1.29 is 14.3 Å². The minimum Gasteiger partial charge on any atom is -0.493 e. The Morgan fingerprint density at radius 2 is 2.00 bits per heavy atom. The van der Waals surface area contributed by atoms with E-state index in [-0.39, 0.29) is 18.5 Å². The number of ether oxygens (including phenoxy) is 2. The largest absolute Gasteiger partial charge is 0.493 e. The highest BCUT2D eigenvalue weighted by molar-refractivity contribution is 5.89. The number of para-hydroxylation sites is 2. The molecule has 4 rings (SSSR count). The fraction of sp³-hybridized carbons (Fsp3) is 0.238. The van der Waals surface area contributed by atoms with E-state index in [1.807, 2.05) is 31.2 Å². The summed E-state index contributed by atoms with van der Waals surface area (Å²) in [4.78, 5) is 33.2. The van der Waals surface area contributed by atoms with Gasteiger partial charge < -0.3 is 19.8 Å². The molecule has 30 heavy (non-hydrogen) atoms. The van der Waals surface area contributed by atoms with Crippen molar-refractivity contribution in [3.8, 4) is 11.5 Å². The summed E-state index contributed by atoms with van der Waals surface area (Å²) in [5.41, 5.74) is 1.28. The number of hydrogen-bond acceptors (Lipinski definition) is 6. The number of methoxy groups -OCH3 is 2.